The fourth-order valence-corrected chi connectivity index (χ4v) is 5.53. The van der Waals surface area contributed by atoms with Gasteiger partial charge in [0.1, 0.15) is 0 Å². The van der Waals surface area contributed by atoms with E-state index >= 15 is 0 Å². The Morgan fingerprint density at radius 1 is 1.05 bits per heavy atom. The Labute approximate surface area is 127 Å². The summed E-state index contributed by atoms with van der Waals surface area (Å²) in [4.78, 5) is 12.7. The van der Waals surface area contributed by atoms with Gasteiger partial charge in [0.25, 0.3) is 0 Å². The minimum Gasteiger partial charge on any atom is -0.350 e. The molecule has 0 aromatic heterocycles. The second kappa shape index (κ2) is 4.86. The van der Waals surface area contributed by atoms with Crippen molar-refractivity contribution in [2.24, 2.45) is 17.8 Å². The van der Waals surface area contributed by atoms with E-state index in [1.807, 2.05) is 25.1 Å². The summed E-state index contributed by atoms with van der Waals surface area (Å²) in [7, 11) is 0. The highest BCUT2D eigenvalue weighted by Crippen LogP contribution is 2.55. The van der Waals surface area contributed by atoms with Crippen molar-refractivity contribution in [1.82, 2.24) is 5.32 Å². The lowest BCUT2D eigenvalue weighted by atomic mass is 9.53. The molecular formula is C19H25NO. The first kappa shape index (κ1) is 13.4. The van der Waals surface area contributed by atoms with Crippen LogP contribution >= 0.6 is 0 Å². The molecule has 0 aliphatic heterocycles. The van der Waals surface area contributed by atoms with Crippen molar-refractivity contribution in [3.05, 3.63) is 35.9 Å². The zero-order valence-electron chi connectivity index (χ0n) is 12.8. The van der Waals surface area contributed by atoms with Gasteiger partial charge in [0.15, 0.2) is 0 Å². The average Bonchev–Trinajstić information content (AvgIpc) is 2.45. The number of carbonyl (C=O) groups is 1. The standard InChI is InChI=1S/C19H25NO/c1-13(17-5-3-2-4-6-17)18(21)20-19-10-14-7-15(11-19)9-16(8-14)12-19/h2-6,13-16H,7-12H2,1H3,(H,20,21)/t13-,14?,15?,16?,19?/m0/s1. The third-order valence-corrected chi connectivity index (χ3v) is 6.12. The third kappa shape index (κ3) is 2.39. The molecule has 2 nitrogen and oxygen atoms in total. The van der Waals surface area contributed by atoms with Crippen molar-refractivity contribution < 1.29 is 4.79 Å². The lowest BCUT2D eigenvalue weighted by Gasteiger charge is -2.57. The van der Waals surface area contributed by atoms with Crippen LogP contribution < -0.4 is 5.32 Å². The predicted octanol–water partition coefficient (Wildman–Crippen LogP) is 3.88. The highest BCUT2D eigenvalue weighted by Gasteiger charge is 2.51. The zero-order valence-corrected chi connectivity index (χ0v) is 12.8. The minimum absolute atomic E-state index is 0.0424. The molecule has 1 atom stereocenters. The predicted molar refractivity (Wildman–Crippen MR) is 83.9 cm³/mol. The molecular weight excluding hydrogens is 258 g/mol. The van der Waals surface area contributed by atoms with Crippen molar-refractivity contribution in [3.63, 3.8) is 0 Å². The fourth-order valence-electron chi connectivity index (χ4n) is 5.53. The van der Waals surface area contributed by atoms with Gasteiger partial charge < -0.3 is 5.32 Å². The topological polar surface area (TPSA) is 29.1 Å². The molecule has 0 unspecified atom stereocenters. The van der Waals surface area contributed by atoms with Crippen LogP contribution in [0.15, 0.2) is 30.3 Å². The van der Waals surface area contributed by atoms with Gasteiger partial charge in [-0.3, -0.25) is 4.79 Å². The Kier molecular flexibility index (Phi) is 3.09. The van der Waals surface area contributed by atoms with Crippen molar-refractivity contribution in [2.45, 2.75) is 56.9 Å². The van der Waals surface area contributed by atoms with E-state index in [9.17, 15) is 4.79 Å². The van der Waals surface area contributed by atoms with Gasteiger partial charge in [-0.05, 0) is 68.8 Å². The molecule has 21 heavy (non-hydrogen) atoms. The first-order valence-electron chi connectivity index (χ1n) is 8.50. The third-order valence-electron chi connectivity index (χ3n) is 6.12. The van der Waals surface area contributed by atoms with Crippen LogP contribution in [-0.4, -0.2) is 11.4 Å². The summed E-state index contributed by atoms with van der Waals surface area (Å²) in [5.41, 5.74) is 1.26. The van der Waals surface area contributed by atoms with E-state index in [2.05, 4.69) is 17.4 Å². The maximum Gasteiger partial charge on any atom is 0.227 e. The summed E-state index contributed by atoms with van der Waals surface area (Å²) in [5, 5.41) is 3.48. The van der Waals surface area contributed by atoms with Crippen LogP contribution in [0.5, 0.6) is 0 Å². The van der Waals surface area contributed by atoms with E-state index in [4.69, 9.17) is 0 Å². The molecule has 1 N–H and O–H groups in total. The fraction of sp³-hybridized carbons (Fsp3) is 0.632. The molecule has 1 aromatic carbocycles. The number of carbonyl (C=O) groups excluding carboxylic acids is 1. The summed E-state index contributed by atoms with van der Waals surface area (Å²) in [6, 6.07) is 10.2. The average molecular weight is 283 g/mol. The number of hydrogen-bond donors (Lipinski definition) is 1. The Morgan fingerprint density at radius 3 is 2.10 bits per heavy atom. The Bertz CT molecular complexity index is 500. The Morgan fingerprint density at radius 2 is 1.57 bits per heavy atom. The van der Waals surface area contributed by atoms with Gasteiger partial charge in [0.2, 0.25) is 5.91 Å². The van der Waals surface area contributed by atoms with E-state index in [1.165, 1.54) is 38.5 Å². The van der Waals surface area contributed by atoms with E-state index in [1.54, 1.807) is 0 Å². The molecule has 0 radical (unpaired) electrons. The molecule has 0 saturated heterocycles. The van der Waals surface area contributed by atoms with Crippen LogP contribution in [0, 0.1) is 17.8 Å². The Balaban J connectivity index is 1.49. The number of benzene rings is 1. The molecule has 112 valence electrons. The van der Waals surface area contributed by atoms with Crippen LogP contribution in [-0.2, 0) is 4.79 Å². The van der Waals surface area contributed by atoms with Crippen LogP contribution in [0.2, 0.25) is 0 Å². The molecule has 4 saturated carbocycles. The molecule has 2 heteroatoms. The number of rotatable bonds is 3. The first-order chi connectivity index (χ1) is 10.1. The molecule has 5 rings (SSSR count). The maximum atomic E-state index is 12.7. The van der Waals surface area contributed by atoms with Crippen molar-refractivity contribution in [1.29, 1.82) is 0 Å². The van der Waals surface area contributed by atoms with Gasteiger partial charge in [-0.25, -0.2) is 0 Å². The van der Waals surface area contributed by atoms with Crippen LogP contribution in [0.25, 0.3) is 0 Å². The molecule has 4 aliphatic carbocycles. The van der Waals surface area contributed by atoms with Crippen molar-refractivity contribution in [2.75, 3.05) is 0 Å². The molecule has 4 aliphatic rings. The molecule has 0 spiro atoms. The molecule has 4 fully saturated rings. The first-order valence-corrected chi connectivity index (χ1v) is 8.50. The van der Waals surface area contributed by atoms with E-state index in [0.717, 1.165) is 23.3 Å². The largest absolute Gasteiger partial charge is 0.350 e. The second-order valence-electron chi connectivity index (χ2n) is 7.82. The van der Waals surface area contributed by atoms with E-state index < -0.39 is 0 Å². The summed E-state index contributed by atoms with van der Waals surface area (Å²) in [6.45, 7) is 2.03. The smallest absolute Gasteiger partial charge is 0.227 e. The van der Waals surface area contributed by atoms with Gasteiger partial charge >= 0.3 is 0 Å². The lowest BCUT2D eigenvalue weighted by Crippen LogP contribution is -2.60. The summed E-state index contributed by atoms with van der Waals surface area (Å²) in [5.74, 6) is 2.82. The Hall–Kier alpha value is -1.31. The minimum atomic E-state index is -0.0424. The van der Waals surface area contributed by atoms with Gasteiger partial charge in [-0.2, -0.15) is 0 Å². The van der Waals surface area contributed by atoms with Crippen molar-refractivity contribution >= 4 is 5.91 Å². The zero-order chi connectivity index (χ0) is 14.4. The quantitative estimate of drug-likeness (QED) is 0.896. The van der Waals surface area contributed by atoms with Crippen LogP contribution in [0.1, 0.15) is 56.9 Å². The van der Waals surface area contributed by atoms with Gasteiger partial charge in [-0.1, -0.05) is 30.3 Å². The highest BCUT2D eigenvalue weighted by molar-refractivity contribution is 5.84. The molecule has 4 bridgehead atoms. The number of amides is 1. The SMILES string of the molecule is C[C@H](C(=O)NC12CC3CC(CC(C3)C1)C2)c1ccccc1. The maximum absolute atomic E-state index is 12.7. The van der Waals surface area contributed by atoms with E-state index in [0.29, 0.717) is 0 Å². The second-order valence-corrected chi connectivity index (χ2v) is 7.82. The molecule has 1 aromatic rings. The lowest BCUT2D eigenvalue weighted by molar-refractivity contribution is -0.128. The number of nitrogens with one attached hydrogen (secondary N) is 1. The van der Waals surface area contributed by atoms with Gasteiger partial charge in [-0.15, -0.1) is 0 Å². The molecule has 1 amide bonds. The normalized spacial score (nSPS) is 38.2. The summed E-state index contributed by atoms with van der Waals surface area (Å²) < 4.78 is 0. The van der Waals surface area contributed by atoms with Gasteiger partial charge in [0, 0.05) is 5.54 Å². The monoisotopic (exact) mass is 283 g/mol. The summed E-state index contributed by atoms with van der Waals surface area (Å²) in [6.07, 6.45) is 7.95. The summed E-state index contributed by atoms with van der Waals surface area (Å²) >= 11 is 0. The highest BCUT2D eigenvalue weighted by atomic mass is 16.2. The van der Waals surface area contributed by atoms with Crippen LogP contribution in [0.3, 0.4) is 0 Å². The van der Waals surface area contributed by atoms with E-state index in [-0.39, 0.29) is 17.4 Å². The van der Waals surface area contributed by atoms with Gasteiger partial charge in [0.05, 0.1) is 5.92 Å². The van der Waals surface area contributed by atoms with Crippen molar-refractivity contribution in [3.8, 4) is 0 Å². The number of hydrogen-bond acceptors (Lipinski definition) is 1. The molecule has 0 heterocycles. The van der Waals surface area contributed by atoms with Crippen LogP contribution in [0.4, 0.5) is 0 Å².